The van der Waals surface area contributed by atoms with E-state index in [1.54, 1.807) is 11.3 Å². The van der Waals surface area contributed by atoms with E-state index in [4.69, 9.17) is 21.7 Å². The van der Waals surface area contributed by atoms with Gasteiger partial charge in [0.1, 0.15) is 13.2 Å². The van der Waals surface area contributed by atoms with E-state index in [1.807, 2.05) is 18.2 Å². The van der Waals surface area contributed by atoms with Crippen LogP contribution in [0, 0.1) is 3.95 Å². The van der Waals surface area contributed by atoms with Gasteiger partial charge in [0.25, 0.3) is 0 Å². The molecule has 2 aromatic rings. The summed E-state index contributed by atoms with van der Waals surface area (Å²) in [4.78, 5) is 4.53. The zero-order valence-corrected chi connectivity index (χ0v) is 11.6. The van der Waals surface area contributed by atoms with Crippen LogP contribution < -0.4 is 9.47 Å². The quantitative estimate of drug-likeness (QED) is 0.849. The Morgan fingerprint density at radius 3 is 2.83 bits per heavy atom. The Labute approximate surface area is 114 Å². The fourth-order valence-corrected chi connectivity index (χ4v) is 3.24. The molecule has 0 bridgehead atoms. The van der Waals surface area contributed by atoms with Crippen molar-refractivity contribution >= 4 is 23.6 Å². The molecule has 2 heterocycles. The summed E-state index contributed by atoms with van der Waals surface area (Å²) in [7, 11) is 0. The monoisotopic (exact) mass is 279 g/mol. The molecule has 1 N–H and O–H groups in total. The van der Waals surface area contributed by atoms with Gasteiger partial charge in [0, 0.05) is 10.4 Å². The lowest BCUT2D eigenvalue weighted by molar-refractivity contribution is 0.171. The van der Waals surface area contributed by atoms with Crippen LogP contribution in [-0.2, 0) is 6.42 Å². The number of thiazole rings is 1. The summed E-state index contributed by atoms with van der Waals surface area (Å²) in [6.07, 6.45) is 0.974. The van der Waals surface area contributed by atoms with Crippen molar-refractivity contribution in [3.8, 4) is 22.8 Å². The third kappa shape index (κ3) is 2.04. The van der Waals surface area contributed by atoms with E-state index < -0.39 is 0 Å². The lowest BCUT2D eigenvalue weighted by atomic mass is 10.1. The highest BCUT2D eigenvalue weighted by Gasteiger charge is 2.14. The average Bonchev–Trinajstić information content (AvgIpc) is 2.79. The number of H-pyrrole nitrogens is 1. The van der Waals surface area contributed by atoms with Crippen molar-refractivity contribution < 1.29 is 9.47 Å². The maximum Gasteiger partial charge on any atom is 0.162 e. The normalized spacial score (nSPS) is 13.6. The lowest BCUT2D eigenvalue weighted by Crippen LogP contribution is -2.15. The Kier molecular flexibility index (Phi) is 3.09. The molecule has 5 heteroatoms. The van der Waals surface area contributed by atoms with Gasteiger partial charge in [0.15, 0.2) is 15.5 Å². The van der Waals surface area contributed by atoms with Gasteiger partial charge in [-0.3, -0.25) is 0 Å². The van der Waals surface area contributed by atoms with Crippen LogP contribution in [0.3, 0.4) is 0 Å². The molecule has 18 heavy (non-hydrogen) atoms. The van der Waals surface area contributed by atoms with Crippen molar-refractivity contribution in [2.45, 2.75) is 13.3 Å². The molecule has 0 fully saturated rings. The minimum Gasteiger partial charge on any atom is -0.486 e. The number of aromatic nitrogens is 1. The first kappa shape index (κ1) is 11.7. The predicted molar refractivity (Wildman–Crippen MR) is 75.3 cm³/mol. The first-order valence-electron chi connectivity index (χ1n) is 5.90. The van der Waals surface area contributed by atoms with Gasteiger partial charge in [-0.2, -0.15) is 0 Å². The summed E-state index contributed by atoms with van der Waals surface area (Å²) in [5, 5.41) is 0. The minimum absolute atomic E-state index is 0.608. The number of aromatic amines is 1. The highest BCUT2D eigenvalue weighted by molar-refractivity contribution is 7.73. The average molecular weight is 279 g/mol. The van der Waals surface area contributed by atoms with Gasteiger partial charge in [0.05, 0.1) is 5.69 Å². The molecule has 3 rings (SSSR count). The largest absolute Gasteiger partial charge is 0.486 e. The van der Waals surface area contributed by atoms with Gasteiger partial charge in [-0.1, -0.05) is 6.92 Å². The molecule has 1 aliphatic heterocycles. The third-order valence-electron chi connectivity index (χ3n) is 2.87. The maximum atomic E-state index is 5.60. The molecule has 0 unspecified atom stereocenters. The summed E-state index contributed by atoms with van der Waals surface area (Å²) in [5.41, 5.74) is 2.20. The van der Waals surface area contributed by atoms with Crippen LogP contribution in [0.1, 0.15) is 11.8 Å². The van der Waals surface area contributed by atoms with Crippen LogP contribution in [0.25, 0.3) is 11.3 Å². The molecule has 0 amide bonds. The molecular formula is C13H13NO2S2. The number of fused-ring (bicyclic) bond motifs is 1. The van der Waals surface area contributed by atoms with Crippen LogP contribution in [0.15, 0.2) is 18.2 Å². The molecule has 1 aromatic carbocycles. The fourth-order valence-electron chi connectivity index (χ4n) is 2.04. The number of ether oxygens (including phenoxy) is 2. The molecular weight excluding hydrogens is 266 g/mol. The Hall–Kier alpha value is -1.33. The lowest BCUT2D eigenvalue weighted by Gasteiger charge is -2.18. The van der Waals surface area contributed by atoms with Crippen LogP contribution >= 0.6 is 23.6 Å². The van der Waals surface area contributed by atoms with Crippen molar-refractivity contribution in [2.24, 2.45) is 0 Å². The number of aryl methyl sites for hydroxylation is 1. The van der Waals surface area contributed by atoms with E-state index in [2.05, 4.69) is 11.9 Å². The number of hydrogen-bond acceptors (Lipinski definition) is 4. The Balaban J connectivity index is 2.08. The highest BCUT2D eigenvalue weighted by atomic mass is 32.1. The van der Waals surface area contributed by atoms with Gasteiger partial charge in [-0.15, -0.1) is 11.3 Å². The molecule has 0 saturated carbocycles. The van der Waals surface area contributed by atoms with Crippen LogP contribution in [0.2, 0.25) is 0 Å². The van der Waals surface area contributed by atoms with E-state index in [0.717, 1.165) is 33.1 Å². The molecule has 0 atom stereocenters. The first-order valence-corrected chi connectivity index (χ1v) is 7.12. The van der Waals surface area contributed by atoms with E-state index in [9.17, 15) is 0 Å². The molecule has 3 nitrogen and oxygen atoms in total. The van der Waals surface area contributed by atoms with Crippen molar-refractivity contribution in [3.63, 3.8) is 0 Å². The maximum absolute atomic E-state index is 5.60. The predicted octanol–water partition coefficient (Wildman–Crippen LogP) is 3.81. The number of rotatable bonds is 2. The SMILES string of the molecule is CCc1sc(=S)[nH]c1-c1ccc2c(c1)OCCO2. The van der Waals surface area contributed by atoms with Gasteiger partial charge in [-0.25, -0.2) is 0 Å². The van der Waals surface area contributed by atoms with Gasteiger partial charge in [0.2, 0.25) is 0 Å². The highest BCUT2D eigenvalue weighted by Crippen LogP contribution is 2.36. The summed E-state index contributed by atoms with van der Waals surface area (Å²) in [6, 6.07) is 6.01. The Morgan fingerprint density at radius 1 is 1.28 bits per heavy atom. The number of benzene rings is 1. The van der Waals surface area contributed by atoms with Crippen molar-refractivity contribution in [2.75, 3.05) is 13.2 Å². The topological polar surface area (TPSA) is 34.2 Å². The fraction of sp³-hybridized carbons (Fsp3) is 0.308. The van der Waals surface area contributed by atoms with E-state index in [-0.39, 0.29) is 0 Å². The zero-order valence-electron chi connectivity index (χ0n) is 9.99. The van der Waals surface area contributed by atoms with Gasteiger partial charge >= 0.3 is 0 Å². The standard InChI is InChI=1S/C13H13NO2S2/c1-2-11-12(14-13(17)18-11)8-3-4-9-10(7-8)16-6-5-15-9/h3-4,7H,2,5-6H2,1H3,(H,14,17). The second-order valence-corrected chi connectivity index (χ2v) is 5.80. The van der Waals surface area contributed by atoms with Crippen molar-refractivity contribution in [1.29, 1.82) is 0 Å². The smallest absolute Gasteiger partial charge is 0.162 e. The van der Waals surface area contributed by atoms with Gasteiger partial charge in [-0.05, 0) is 36.8 Å². The van der Waals surface area contributed by atoms with Crippen LogP contribution in [0.5, 0.6) is 11.5 Å². The Bertz CT molecular complexity index is 630. The number of hydrogen-bond donors (Lipinski definition) is 1. The molecule has 94 valence electrons. The van der Waals surface area contributed by atoms with Gasteiger partial charge < -0.3 is 14.5 Å². The molecule has 0 saturated heterocycles. The zero-order chi connectivity index (χ0) is 12.5. The second-order valence-electron chi connectivity index (χ2n) is 4.02. The first-order chi connectivity index (χ1) is 8.78. The number of nitrogens with one attached hydrogen (secondary N) is 1. The second kappa shape index (κ2) is 4.74. The van der Waals surface area contributed by atoms with Crippen LogP contribution in [-0.4, -0.2) is 18.2 Å². The summed E-state index contributed by atoms with van der Waals surface area (Å²) in [5.74, 6) is 1.63. The summed E-state index contributed by atoms with van der Waals surface area (Å²) >= 11 is 6.85. The molecule has 1 aliphatic rings. The van der Waals surface area contributed by atoms with Crippen molar-refractivity contribution in [3.05, 3.63) is 27.0 Å². The van der Waals surface area contributed by atoms with E-state index >= 15 is 0 Å². The Morgan fingerprint density at radius 2 is 2.06 bits per heavy atom. The molecule has 0 spiro atoms. The minimum atomic E-state index is 0.608. The summed E-state index contributed by atoms with van der Waals surface area (Å²) in [6.45, 7) is 3.36. The molecule has 0 radical (unpaired) electrons. The molecule has 1 aromatic heterocycles. The summed E-state index contributed by atoms with van der Waals surface area (Å²) < 4.78 is 11.9. The van der Waals surface area contributed by atoms with E-state index in [1.165, 1.54) is 4.88 Å². The third-order valence-corrected chi connectivity index (χ3v) is 4.25. The molecule has 0 aliphatic carbocycles. The van der Waals surface area contributed by atoms with Crippen LogP contribution in [0.4, 0.5) is 0 Å². The van der Waals surface area contributed by atoms with E-state index in [0.29, 0.717) is 13.2 Å². The van der Waals surface area contributed by atoms with Crippen molar-refractivity contribution in [1.82, 2.24) is 4.98 Å².